The number of nitriles is 1. The molecule has 2 aromatic carbocycles. The van der Waals surface area contributed by atoms with Crippen LogP contribution in [-0.4, -0.2) is 39.8 Å². The number of nitrogens with two attached hydrogens (primary N) is 1. The van der Waals surface area contributed by atoms with E-state index in [1.807, 2.05) is 30.3 Å². The van der Waals surface area contributed by atoms with Gasteiger partial charge in [0.25, 0.3) is 5.91 Å². The van der Waals surface area contributed by atoms with Gasteiger partial charge in [-0.1, -0.05) is 36.3 Å². The first kappa shape index (κ1) is 21.4. The van der Waals surface area contributed by atoms with Crippen LogP contribution in [0, 0.1) is 23.2 Å². The molecule has 8 nitrogen and oxygen atoms in total. The quantitative estimate of drug-likeness (QED) is 0.604. The maximum Gasteiger partial charge on any atom is 0.289 e. The van der Waals surface area contributed by atoms with E-state index in [-0.39, 0.29) is 17.8 Å². The Labute approximate surface area is 187 Å². The molecular weight excluding hydrogens is 402 g/mol. The summed E-state index contributed by atoms with van der Waals surface area (Å²) in [6, 6.07) is 13.6. The summed E-state index contributed by atoms with van der Waals surface area (Å²) in [7, 11) is 0. The number of rotatable bonds is 5. The van der Waals surface area contributed by atoms with E-state index >= 15 is 0 Å². The van der Waals surface area contributed by atoms with Crippen molar-refractivity contribution in [2.24, 2.45) is 5.73 Å². The lowest BCUT2D eigenvalue weighted by molar-refractivity contribution is 0.0936. The van der Waals surface area contributed by atoms with Crippen molar-refractivity contribution >= 4 is 22.6 Å². The Morgan fingerprint density at radius 1 is 1.25 bits per heavy atom. The van der Waals surface area contributed by atoms with E-state index in [2.05, 4.69) is 38.3 Å². The van der Waals surface area contributed by atoms with Crippen LogP contribution in [0.15, 0.2) is 36.4 Å². The fourth-order valence-electron chi connectivity index (χ4n) is 4.06. The average Bonchev–Trinajstić information content (AvgIpc) is 3.25. The molecule has 1 unspecified atom stereocenters. The zero-order valence-electron chi connectivity index (χ0n) is 18.0. The molecule has 162 valence electrons. The number of benzene rings is 2. The second-order valence-corrected chi connectivity index (χ2v) is 7.80. The third-order valence-electron chi connectivity index (χ3n) is 5.66. The summed E-state index contributed by atoms with van der Waals surface area (Å²) in [5.41, 5.74) is 7.67. The highest BCUT2D eigenvalue weighted by molar-refractivity contribution is 5.93. The largest absolute Gasteiger partial charge is 0.345 e. The Balaban J connectivity index is 1.58. The maximum absolute atomic E-state index is 13.0. The SMILES string of the molecule is CC#CCn1c(C(=O)NCc2ccc(C#N)c3ccccc23)nnc1N1CCCC(N)C1. The molecule has 4 rings (SSSR count). The normalized spacial score (nSPS) is 15.7. The average molecular weight is 428 g/mol. The van der Waals surface area contributed by atoms with Crippen molar-refractivity contribution < 1.29 is 4.79 Å². The van der Waals surface area contributed by atoms with Crippen LogP contribution < -0.4 is 16.0 Å². The van der Waals surface area contributed by atoms with Crippen LogP contribution in [0.2, 0.25) is 0 Å². The molecule has 0 aliphatic carbocycles. The molecule has 1 aromatic heterocycles. The number of carbonyl (C=O) groups is 1. The molecule has 0 saturated carbocycles. The molecule has 0 spiro atoms. The fourth-order valence-corrected chi connectivity index (χ4v) is 4.06. The van der Waals surface area contributed by atoms with E-state index in [0.29, 0.717) is 31.1 Å². The molecule has 1 fully saturated rings. The minimum Gasteiger partial charge on any atom is -0.345 e. The Morgan fingerprint density at radius 3 is 2.81 bits per heavy atom. The second-order valence-electron chi connectivity index (χ2n) is 7.80. The minimum absolute atomic E-state index is 0.0769. The molecule has 3 aromatic rings. The van der Waals surface area contributed by atoms with Gasteiger partial charge in [0.2, 0.25) is 11.8 Å². The van der Waals surface area contributed by atoms with E-state index in [1.165, 1.54) is 0 Å². The van der Waals surface area contributed by atoms with Crippen molar-refractivity contribution in [2.75, 3.05) is 18.0 Å². The Hall–Kier alpha value is -3.88. The minimum atomic E-state index is -0.323. The van der Waals surface area contributed by atoms with E-state index < -0.39 is 0 Å². The molecule has 8 heteroatoms. The van der Waals surface area contributed by atoms with Crippen molar-refractivity contribution in [3.8, 4) is 17.9 Å². The van der Waals surface area contributed by atoms with E-state index in [0.717, 1.165) is 35.7 Å². The number of nitrogens with zero attached hydrogens (tertiary/aromatic N) is 5. The van der Waals surface area contributed by atoms with Gasteiger partial charge in [0.15, 0.2) is 0 Å². The van der Waals surface area contributed by atoms with Crippen molar-refractivity contribution in [3.63, 3.8) is 0 Å². The number of amides is 1. The molecule has 1 aliphatic heterocycles. The van der Waals surface area contributed by atoms with Gasteiger partial charge in [-0.2, -0.15) is 5.26 Å². The summed E-state index contributed by atoms with van der Waals surface area (Å²) in [5.74, 6) is 6.41. The van der Waals surface area contributed by atoms with Gasteiger partial charge >= 0.3 is 0 Å². The summed E-state index contributed by atoms with van der Waals surface area (Å²) < 4.78 is 1.75. The topological polar surface area (TPSA) is 113 Å². The molecule has 32 heavy (non-hydrogen) atoms. The number of carbonyl (C=O) groups excluding carboxylic acids is 1. The lowest BCUT2D eigenvalue weighted by Gasteiger charge is -2.31. The molecule has 1 aliphatic rings. The summed E-state index contributed by atoms with van der Waals surface area (Å²) in [4.78, 5) is 15.1. The molecule has 1 amide bonds. The van der Waals surface area contributed by atoms with E-state index in [4.69, 9.17) is 5.73 Å². The monoisotopic (exact) mass is 427 g/mol. The van der Waals surface area contributed by atoms with Crippen molar-refractivity contribution in [3.05, 3.63) is 53.3 Å². The van der Waals surface area contributed by atoms with Crippen molar-refractivity contribution in [1.82, 2.24) is 20.1 Å². The van der Waals surface area contributed by atoms with Crippen LogP contribution in [0.1, 0.15) is 41.5 Å². The third-order valence-corrected chi connectivity index (χ3v) is 5.66. The molecule has 0 bridgehead atoms. The number of fused-ring (bicyclic) bond motifs is 1. The van der Waals surface area contributed by atoms with Crippen molar-refractivity contribution in [2.45, 2.75) is 38.9 Å². The maximum atomic E-state index is 13.0. The standard InChI is InChI=1S/C24H25N7O/c1-2-3-13-31-22(28-29-24(31)30-12-6-7-19(26)16-30)23(32)27-15-18-11-10-17(14-25)20-8-4-5-9-21(18)20/h4-5,8-11,19H,6-7,12-13,15-16,26H2,1H3,(H,27,32). The van der Waals surface area contributed by atoms with Gasteiger partial charge in [0.05, 0.1) is 18.2 Å². The summed E-state index contributed by atoms with van der Waals surface area (Å²) in [6.07, 6.45) is 1.95. The number of nitrogens with one attached hydrogen (secondary N) is 1. The smallest absolute Gasteiger partial charge is 0.289 e. The number of hydrogen-bond acceptors (Lipinski definition) is 6. The van der Waals surface area contributed by atoms with E-state index in [1.54, 1.807) is 17.6 Å². The molecule has 1 atom stereocenters. The van der Waals surface area contributed by atoms with Gasteiger partial charge in [-0.25, -0.2) is 0 Å². The molecule has 3 N–H and O–H groups in total. The highest BCUT2D eigenvalue weighted by atomic mass is 16.2. The summed E-state index contributed by atoms with van der Waals surface area (Å²) in [5, 5.41) is 22.6. The zero-order valence-corrected chi connectivity index (χ0v) is 18.0. The van der Waals surface area contributed by atoms with Gasteiger partial charge in [-0.05, 0) is 42.2 Å². The molecular formula is C24H25N7O. The van der Waals surface area contributed by atoms with Crippen LogP contribution in [0.5, 0.6) is 0 Å². The first-order valence-electron chi connectivity index (χ1n) is 10.6. The van der Waals surface area contributed by atoms with Gasteiger partial charge in [-0.3, -0.25) is 9.36 Å². The summed E-state index contributed by atoms with van der Waals surface area (Å²) >= 11 is 0. The van der Waals surface area contributed by atoms with Gasteiger partial charge in [0, 0.05) is 25.7 Å². The number of hydrogen-bond donors (Lipinski definition) is 2. The highest BCUT2D eigenvalue weighted by Crippen LogP contribution is 2.23. The van der Waals surface area contributed by atoms with Gasteiger partial charge in [-0.15, -0.1) is 16.1 Å². The number of piperidine rings is 1. The fraction of sp³-hybridized carbons (Fsp3) is 0.333. The Bertz CT molecular complexity index is 1240. The van der Waals surface area contributed by atoms with Crippen LogP contribution in [-0.2, 0) is 13.1 Å². The predicted octanol–water partition coefficient (Wildman–Crippen LogP) is 2.18. The molecule has 2 heterocycles. The molecule has 0 radical (unpaired) electrons. The first-order valence-corrected chi connectivity index (χ1v) is 10.6. The second kappa shape index (κ2) is 9.51. The van der Waals surface area contributed by atoms with Gasteiger partial charge < -0.3 is 16.0 Å². The van der Waals surface area contributed by atoms with Crippen LogP contribution >= 0.6 is 0 Å². The van der Waals surface area contributed by atoms with Crippen LogP contribution in [0.25, 0.3) is 10.8 Å². The number of aromatic nitrogens is 3. The summed E-state index contributed by atoms with van der Waals surface area (Å²) in [6.45, 7) is 3.89. The predicted molar refractivity (Wildman–Crippen MR) is 123 cm³/mol. The number of anilines is 1. The lowest BCUT2D eigenvalue weighted by atomic mass is 10.00. The van der Waals surface area contributed by atoms with Crippen molar-refractivity contribution in [1.29, 1.82) is 5.26 Å². The first-order chi connectivity index (χ1) is 15.6. The Morgan fingerprint density at radius 2 is 2.06 bits per heavy atom. The zero-order chi connectivity index (χ0) is 22.5. The van der Waals surface area contributed by atoms with Crippen LogP contribution in [0.4, 0.5) is 5.95 Å². The van der Waals surface area contributed by atoms with Crippen LogP contribution in [0.3, 0.4) is 0 Å². The lowest BCUT2D eigenvalue weighted by Crippen LogP contribution is -2.44. The van der Waals surface area contributed by atoms with E-state index in [9.17, 15) is 10.1 Å². The molecule has 1 saturated heterocycles. The van der Waals surface area contributed by atoms with Gasteiger partial charge in [0.1, 0.15) is 0 Å². The Kier molecular flexibility index (Phi) is 6.34. The third kappa shape index (κ3) is 4.27. The highest BCUT2D eigenvalue weighted by Gasteiger charge is 2.25.